The molecule has 1 N–H and O–H groups in total. The molecule has 3 heteroatoms. The van der Waals surface area contributed by atoms with Crippen LogP contribution >= 0.6 is 0 Å². The molecule has 2 aromatic rings. The number of hydrogen-bond donors (Lipinski definition) is 1. The van der Waals surface area contributed by atoms with E-state index in [9.17, 15) is 4.79 Å². The van der Waals surface area contributed by atoms with E-state index in [1.165, 1.54) is 0 Å². The fourth-order valence-corrected chi connectivity index (χ4v) is 1.63. The van der Waals surface area contributed by atoms with E-state index in [-0.39, 0.29) is 5.91 Å². The molecule has 0 saturated heterocycles. The van der Waals surface area contributed by atoms with Crippen molar-refractivity contribution in [3.63, 3.8) is 0 Å². The molecule has 0 saturated carbocycles. The molecule has 3 nitrogen and oxygen atoms in total. The number of anilines is 1. The molecular weight excluding hydrogens is 200 g/mol. The fourth-order valence-electron chi connectivity index (χ4n) is 1.63. The smallest absolute Gasteiger partial charge is 0.259 e. The molecule has 1 aromatic carbocycles. The van der Waals surface area contributed by atoms with Gasteiger partial charge >= 0.3 is 0 Å². The van der Waals surface area contributed by atoms with Crippen molar-refractivity contribution in [3.8, 4) is 0 Å². The lowest BCUT2D eigenvalue weighted by Crippen LogP contribution is -2.26. The van der Waals surface area contributed by atoms with Crippen molar-refractivity contribution in [1.29, 1.82) is 0 Å². The summed E-state index contributed by atoms with van der Waals surface area (Å²) in [5, 5.41) is 0. The van der Waals surface area contributed by atoms with E-state index in [4.69, 9.17) is 0 Å². The van der Waals surface area contributed by atoms with Gasteiger partial charge in [-0.15, -0.1) is 0 Å². The van der Waals surface area contributed by atoms with Crippen molar-refractivity contribution in [1.82, 2.24) is 4.98 Å². The van der Waals surface area contributed by atoms with Crippen LogP contribution in [0.2, 0.25) is 0 Å². The van der Waals surface area contributed by atoms with E-state index in [1.54, 1.807) is 24.2 Å². The summed E-state index contributed by atoms with van der Waals surface area (Å²) in [7, 11) is 1.78. The molecule has 1 heterocycles. The second-order valence-corrected chi connectivity index (χ2v) is 3.72. The quantitative estimate of drug-likeness (QED) is 0.819. The second-order valence-electron chi connectivity index (χ2n) is 3.72. The van der Waals surface area contributed by atoms with Crippen LogP contribution in [0.4, 0.5) is 5.69 Å². The Morgan fingerprint density at radius 2 is 1.88 bits per heavy atom. The maximum absolute atomic E-state index is 12.1. The molecular formula is C13H14N2O. The Kier molecular flexibility index (Phi) is 2.77. The van der Waals surface area contributed by atoms with E-state index in [0.717, 1.165) is 11.4 Å². The molecule has 16 heavy (non-hydrogen) atoms. The van der Waals surface area contributed by atoms with Crippen LogP contribution < -0.4 is 4.90 Å². The third-order valence-corrected chi connectivity index (χ3v) is 2.63. The SMILES string of the molecule is Cc1[nH]ccc1C(=O)N(C)c1ccccc1. The Morgan fingerprint density at radius 3 is 2.44 bits per heavy atom. The van der Waals surface area contributed by atoms with Gasteiger partial charge in [0.15, 0.2) is 0 Å². The average Bonchev–Trinajstić information content (AvgIpc) is 2.75. The van der Waals surface area contributed by atoms with Gasteiger partial charge in [0, 0.05) is 24.6 Å². The van der Waals surface area contributed by atoms with Crippen LogP contribution in [0.15, 0.2) is 42.6 Å². The Morgan fingerprint density at radius 1 is 1.19 bits per heavy atom. The number of benzene rings is 1. The summed E-state index contributed by atoms with van der Waals surface area (Å²) in [5.74, 6) is 0.00458. The molecule has 0 aliphatic heterocycles. The molecule has 0 spiro atoms. The minimum atomic E-state index is 0.00458. The average molecular weight is 214 g/mol. The number of amides is 1. The van der Waals surface area contributed by atoms with Crippen LogP contribution in [0, 0.1) is 6.92 Å². The van der Waals surface area contributed by atoms with Gasteiger partial charge in [0.05, 0.1) is 5.56 Å². The van der Waals surface area contributed by atoms with Gasteiger partial charge in [-0.25, -0.2) is 0 Å². The summed E-state index contributed by atoms with van der Waals surface area (Å²) in [5.41, 5.74) is 2.51. The number of nitrogens with one attached hydrogen (secondary N) is 1. The topological polar surface area (TPSA) is 36.1 Å². The molecule has 0 atom stereocenters. The summed E-state index contributed by atoms with van der Waals surface area (Å²) < 4.78 is 0. The van der Waals surface area contributed by atoms with Crippen molar-refractivity contribution in [2.24, 2.45) is 0 Å². The van der Waals surface area contributed by atoms with Crippen LogP contribution in [0.1, 0.15) is 16.1 Å². The largest absolute Gasteiger partial charge is 0.365 e. The number of aromatic nitrogens is 1. The molecule has 0 aliphatic rings. The second kappa shape index (κ2) is 4.23. The highest BCUT2D eigenvalue weighted by molar-refractivity contribution is 6.06. The number of hydrogen-bond acceptors (Lipinski definition) is 1. The van der Waals surface area contributed by atoms with Gasteiger partial charge in [0.2, 0.25) is 0 Å². The minimum absolute atomic E-state index is 0.00458. The van der Waals surface area contributed by atoms with Gasteiger partial charge in [0.25, 0.3) is 5.91 Å². The van der Waals surface area contributed by atoms with E-state index in [0.29, 0.717) is 5.56 Å². The third-order valence-electron chi connectivity index (χ3n) is 2.63. The number of nitrogens with zero attached hydrogens (tertiary/aromatic N) is 1. The molecule has 82 valence electrons. The molecule has 0 unspecified atom stereocenters. The zero-order chi connectivity index (χ0) is 11.5. The first-order chi connectivity index (χ1) is 7.70. The molecule has 0 radical (unpaired) electrons. The Bertz CT molecular complexity index is 488. The molecule has 0 aliphatic carbocycles. The highest BCUT2D eigenvalue weighted by Crippen LogP contribution is 2.16. The lowest BCUT2D eigenvalue weighted by molar-refractivity contribution is 0.0992. The first-order valence-corrected chi connectivity index (χ1v) is 5.17. The number of aromatic amines is 1. The van der Waals surface area contributed by atoms with Gasteiger partial charge in [0.1, 0.15) is 0 Å². The first kappa shape index (κ1) is 10.5. The highest BCUT2D eigenvalue weighted by atomic mass is 16.2. The Balaban J connectivity index is 2.27. The van der Waals surface area contributed by atoms with Gasteiger partial charge in [-0.2, -0.15) is 0 Å². The number of carbonyl (C=O) groups excluding carboxylic acids is 1. The van der Waals surface area contributed by atoms with Crippen molar-refractivity contribution >= 4 is 11.6 Å². The summed E-state index contributed by atoms with van der Waals surface area (Å²) in [6.45, 7) is 1.89. The van der Waals surface area contributed by atoms with E-state index in [1.807, 2.05) is 37.3 Å². The molecule has 1 amide bonds. The van der Waals surface area contributed by atoms with Crippen LogP contribution in [-0.2, 0) is 0 Å². The number of aryl methyl sites for hydroxylation is 1. The van der Waals surface area contributed by atoms with E-state index in [2.05, 4.69) is 4.98 Å². The summed E-state index contributed by atoms with van der Waals surface area (Å²) in [6, 6.07) is 11.4. The summed E-state index contributed by atoms with van der Waals surface area (Å²) in [6.07, 6.45) is 1.78. The highest BCUT2D eigenvalue weighted by Gasteiger charge is 2.15. The maximum atomic E-state index is 12.1. The first-order valence-electron chi connectivity index (χ1n) is 5.17. The number of rotatable bonds is 2. The molecule has 1 aromatic heterocycles. The Labute approximate surface area is 94.7 Å². The summed E-state index contributed by atoms with van der Waals surface area (Å²) >= 11 is 0. The lowest BCUT2D eigenvalue weighted by Gasteiger charge is -2.16. The normalized spacial score (nSPS) is 10.1. The van der Waals surface area contributed by atoms with E-state index < -0.39 is 0 Å². The standard InChI is InChI=1S/C13H14N2O/c1-10-12(8-9-14-10)13(16)15(2)11-6-4-3-5-7-11/h3-9,14H,1-2H3. The number of para-hydroxylation sites is 1. The van der Waals surface area contributed by atoms with Gasteiger partial charge in [-0.1, -0.05) is 18.2 Å². The lowest BCUT2D eigenvalue weighted by atomic mass is 10.2. The van der Waals surface area contributed by atoms with Crippen molar-refractivity contribution in [2.75, 3.05) is 11.9 Å². The third kappa shape index (κ3) is 1.84. The van der Waals surface area contributed by atoms with Crippen molar-refractivity contribution < 1.29 is 4.79 Å². The van der Waals surface area contributed by atoms with Crippen molar-refractivity contribution in [2.45, 2.75) is 6.92 Å². The fraction of sp³-hybridized carbons (Fsp3) is 0.154. The van der Waals surface area contributed by atoms with Crippen LogP contribution in [-0.4, -0.2) is 17.9 Å². The van der Waals surface area contributed by atoms with Crippen LogP contribution in [0.25, 0.3) is 0 Å². The monoisotopic (exact) mass is 214 g/mol. The predicted octanol–water partition coefficient (Wildman–Crippen LogP) is 2.60. The molecule has 2 rings (SSSR count). The maximum Gasteiger partial charge on any atom is 0.259 e. The number of H-pyrrole nitrogens is 1. The van der Waals surface area contributed by atoms with Gasteiger partial charge < -0.3 is 9.88 Å². The molecule has 0 fully saturated rings. The van der Waals surface area contributed by atoms with Crippen molar-refractivity contribution in [3.05, 3.63) is 53.9 Å². The predicted molar refractivity (Wildman–Crippen MR) is 64.7 cm³/mol. The van der Waals surface area contributed by atoms with Gasteiger partial charge in [-0.3, -0.25) is 4.79 Å². The Hall–Kier alpha value is -2.03. The van der Waals surface area contributed by atoms with E-state index >= 15 is 0 Å². The number of carbonyl (C=O) groups is 1. The minimum Gasteiger partial charge on any atom is -0.365 e. The van der Waals surface area contributed by atoms with Gasteiger partial charge in [-0.05, 0) is 25.1 Å². The molecule has 0 bridgehead atoms. The van der Waals surface area contributed by atoms with Crippen LogP contribution in [0.5, 0.6) is 0 Å². The zero-order valence-electron chi connectivity index (χ0n) is 9.40. The summed E-state index contributed by atoms with van der Waals surface area (Å²) in [4.78, 5) is 16.8. The van der Waals surface area contributed by atoms with Crippen LogP contribution in [0.3, 0.4) is 0 Å². The zero-order valence-corrected chi connectivity index (χ0v) is 9.40.